The van der Waals surface area contributed by atoms with Crippen molar-refractivity contribution in [1.82, 2.24) is 19.7 Å². The van der Waals surface area contributed by atoms with Crippen molar-refractivity contribution >= 4 is 29.3 Å². The normalized spacial score (nSPS) is 14.6. The van der Waals surface area contributed by atoms with Crippen LogP contribution in [-0.2, 0) is 9.59 Å². The summed E-state index contributed by atoms with van der Waals surface area (Å²) in [5, 5.41) is 11.9. The molecule has 7 nitrogen and oxygen atoms in total. The van der Waals surface area contributed by atoms with Gasteiger partial charge in [-0.2, -0.15) is 0 Å². The van der Waals surface area contributed by atoms with E-state index in [1.807, 2.05) is 40.7 Å². The van der Waals surface area contributed by atoms with Crippen LogP contribution >= 0.6 is 11.8 Å². The first-order chi connectivity index (χ1) is 14.0. The second kappa shape index (κ2) is 9.91. The molecule has 0 radical (unpaired) electrons. The number of hydrogen-bond acceptors (Lipinski definition) is 5. The van der Waals surface area contributed by atoms with Gasteiger partial charge in [-0.15, -0.1) is 10.2 Å². The van der Waals surface area contributed by atoms with Gasteiger partial charge in [0.05, 0.1) is 11.4 Å². The van der Waals surface area contributed by atoms with Crippen molar-refractivity contribution in [2.24, 2.45) is 0 Å². The number of benzene rings is 1. The van der Waals surface area contributed by atoms with Crippen LogP contribution in [0, 0.1) is 6.92 Å². The molecule has 29 heavy (non-hydrogen) atoms. The van der Waals surface area contributed by atoms with Gasteiger partial charge in [0.25, 0.3) is 0 Å². The van der Waals surface area contributed by atoms with E-state index in [1.165, 1.54) is 37.9 Å². The van der Waals surface area contributed by atoms with E-state index in [1.54, 1.807) is 0 Å². The van der Waals surface area contributed by atoms with Crippen molar-refractivity contribution < 1.29 is 9.59 Å². The maximum absolute atomic E-state index is 12.9. The highest BCUT2D eigenvalue weighted by atomic mass is 32.2. The summed E-state index contributed by atoms with van der Waals surface area (Å²) in [5.41, 5.74) is 1.57. The Morgan fingerprint density at radius 1 is 1.24 bits per heavy atom. The number of nitrogens with zero attached hydrogens (tertiary/aromatic N) is 4. The molecule has 156 valence electrons. The summed E-state index contributed by atoms with van der Waals surface area (Å²) in [7, 11) is 0. The number of nitrogens with one attached hydrogen (secondary N) is 1. The number of anilines is 1. The Bertz CT molecular complexity index is 861. The first kappa shape index (κ1) is 21.4. The number of carbonyl (C=O) groups excluding carboxylic acids is 2. The van der Waals surface area contributed by atoms with E-state index in [9.17, 15) is 9.59 Å². The molecular weight excluding hydrogens is 386 g/mol. The number of amides is 2. The molecule has 1 fully saturated rings. The Morgan fingerprint density at radius 2 is 2.00 bits per heavy atom. The van der Waals surface area contributed by atoms with Gasteiger partial charge >= 0.3 is 0 Å². The second-order valence-corrected chi connectivity index (χ2v) is 8.30. The fourth-order valence-corrected chi connectivity index (χ4v) is 4.78. The zero-order valence-corrected chi connectivity index (χ0v) is 18.2. The van der Waals surface area contributed by atoms with Gasteiger partial charge in [0.1, 0.15) is 5.82 Å². The molecule has 1 saturated carbocycles. The molecule has 1 aliphatic carbocycles. The molecule has 1 aromatic carbocycles. The Kier molecular flexibility index (Phi) is 7.30. The average molecular weight is 416 g/mol. The van der Waals surface area contributed by atoms with Gasteiger partial charge in [0, 0.05) is 25.2 Å². The smallest absolute Gasteiger partial charge is 0.233 e. The van der Waals surface area contributed by atoms with Crippen LogP contribution in [0.1, 0.15) is 51.8 Å². The summed E-state index contributed by atoms with van der Waals surface area (Å²) in [6.45, 7) is 6.16. The lowest BCUT2D eigenvalue weighted by Crippen LogP contribution is -2.42. The van der Waals surface area contributed by atoms with Crippen LogP contribution in [0.4, 0.5) is 5.69 Å². The van der Waals surface area contributed by atoms with E-state index in [0.29, 0.717) is 22.6 Å². The summed E-state index contributed by atoms with van der Waals surface area (Å²) in [6.07, 6.45) is 5.90. The Morgan fingerprint density at radius 3 is 2.69 bits per heavy atom. The first-order valence-electron chi connectivity index (χ1n) is 10.2. The summed E-state index contributed by atoms with van der Waals surface area (Å²) in [4.78, 5) is 26.3. The minimum absolute atomic E-state index is 0.120. The zero-order chi connectivity index (χ0) is 20.8. The highest BCUT2D eigenvalue weighted by molar-refractivity contribution is 7.99. The maximum atomic E-state index is 12.9. The fourth-order valence-electron chi connectivity index (χ4n) is 3.90. The van der Waals surface area contributed by atoms with E-state index in [-0.39, 0.29) is 11.8 Å². The van der Waals surface area contributed by atoms with Crippen LogP contribution in [0.2, 0.25) is 0 Å². The summed E-state index contributed by atoms with van der Waals surface area (Å²) in [6, 6.07) is 7.90. The second-order valence-electron chi connectivity index (χ2n) is 7.36. The number of aryl methyl sites for hydroxylation is 1. The van der Waals surface area contributed by atoms with Crippen LogP contribution in [0.15, 0.2) is 29.4 Å². The summed E-state index contributed by atoms with van der Waals surface area (Å²) >= 11 is 1.41. The Balaban J connectivity index is 1.73. The summed E-state index contributed by atoms with van der Waals surface area (Å²) in [5.74, 6) is 1.11. The molecule has 0 saturated heterocycles. The van der Waals surface area contributed by atoms with E-state index >= 15 is 0 Å². The zero-order valence-electron chi connectivity index (χ0n) is 17.4. The Labute approximate surface area is 176 Å². The van der Waals surface area contributed by atoms with Gasteiger partial charge < -0.3 is 10.2 Å². The third kappa shape index (κ3) is 5.38. The molecule has 1 aromatic heterocycles. The minimum Gasteiger partial charge on any atom is -0.339 e. The lowest BCUT2D eigenvalue weighted by Gasteiger charge is -2.33. The van der Waals surface area contributed by atoms with Gasteiger partial charge in [-0.1, -0.05) is 37.1 Å². The van der Waals surface area contributed by atoms with Crippen molar-refractivity contribution in [2.75, 3.05) is 17.6 Å². The molecule has 1 aliphatic rings. The largest absolute Gasteiger partial charge is 0.339 e. The quantitative estimate of drug-likeness (QED) is 0.696. The van der Waals surface area contributed by atoms with Crippen molar-refractivity contribution in [3.63, 3.8) is 0 Å². The molecule has 1 N–H and O–H groups in total. The van der Waals surface area contributed by atoms with E-state index in [0.717, 1.165) is 30.9 Å². The molecule has 0 bridgehead atoms. The molecular formula is C21H29N5O2S. The van der Waals surface area contributed by atoms with Gasteiger partial charge in [-0.25, -0.2) is 0 Å². The highest BCUT2D eigenvalue weighted by Crippen LogP contribution is 2.26. The average Bonchev–Trinajstić information content (AvgIpc) is 3.08. The number of rotatable bonds is 7. The molecule has 0 unspecified atom stereocenters. The maximum Gasteiger partial charge on any atom is 0.233 e. The fraction of sp³-hybridized carbons (Fsp3) is 0.524. The molecule has 0 aliphatic heterocycles. The predicted octanol–water partition coefficient (Wildman–Crippen LogP) is 3.81. The van der Waals surface area contributed by atoms with Gasteiger partial charge in [-0.05, 0) is 44.9 Å². The molecule has 2 aromatic rings. The van der Waals surface area contributed by atoms with Crippen molar-refractivity contribution in [2.45, 2.75) is 64.1 Å². The summed E-state index contributed by atoms with van der Waals surface area (Å²) < 4.78 is 1.92. The Hall–Kier alpha value is -2.35. The SMILES string of the molecule is CCN(C(=O)CSc1nnc(C)n1-c1cccc(NC(C)=O)c1)C1CCCCC1. The number of aromatic nitrogens is 3. The number of carbonyl (C=O) groups is 2. The number of hydrogen-bond donors (Lipinski definition) is 1. The van der Waals surface area contributed by atoms with Gasteiger partial charge in [0.15, 0.2) is 5.16 Å². The molecule has 0 spiro atoms. The van der Waals surface area contributed by atoms with Crippen LogP contribution in [0.25, 0.3) is 5.69 Å². The third-order valence-corrected chi connectivity index (χ3v) is 6.13. The van der Waals surface area contributed by atoms with E-state index < -0.39 is 0 Å². The van der Waals surface area contributed by atoms with Crippen LogP contribution in [-0.4, -0.2) is 49.8 Å². The van der Waals surface area contributed by atoms with Crippen LogP contribution in [0.3, 0.4) is 0 Å². The molecule has 0 atom stereocenters. The van der Waals surface area contributed by atoms with Gasteiger partial charge in [-0.3, -0.25) is 14.2 Å². The topological polar surface area (TPSA) is 80.1 Å². The molecule has 3 rings (SSSR count). The van der Waals surface area contributed by atoms with Crippen molar-refractivity contribution in [3.05, 3.63) is 30.1 Å². The lowest BCUT2D eigenvalue weighted by atomic mass is 9.94. The third-order valence-electron chi connectivity index (χ3n) is 5.22. The van der Waals surface area contributed by atoms with Crippen LogP contribution < -0.4 is 5.32 Å². The van der Waals surface area contributed by atoms with E-state index in [2.05, 4.69) is 22.4 Å². The molecule has 2 amide bonds. The van der Waals surface area contributed by atoms with Crippen molar-refractivity contribution in [1.29, 1.82) is 0 Å². The minimum atomic E-state index is -0.120. The molecule has 8 heteroatoms. The highest BCUT2D eigenvalue weighted by Gasteiger charge is 2.24. The van der Waals surface area contributed by atoms with Gasteiger partial charge in [0.2, 0.25) is 11.8 Å². The van der Waals surface area contributed by atoms with Crippen molar-refractivity contribution in [3.8, 4) is 5.69 Å². The standard InChI is InChI=1S/C21H29N5O2S/c1-4-25(18-10-6-5-7-11-18)20(28)14-29-21-24-23-15(2)26(21)19-12-8-9-17(13-19)22-16(3)27/h8-9,12-13,18H,4-7,10-11,14H2,1-3H3,(H,22,27). The monoisotopic (exact) mass is 415 g/mol. The predicted molar refractivity (Wildman–Crippen MR) is 115 cm³/mol. The lowest BCUT2D eigenvalue weighted by molar-refractivity contribution is -0.131. The number of thioether (sulfide) groups is 1. The first-order valence-corrected chi connectivity index (χ1v) is 11.2. The van der Waals surface area contributed by atoms with E-state index in [4.69, 9.17) is 0 Å². The van der Waals surface area contributed by atoms with Crippen LogP contribution in [0.5, 0.6) is 0 Å². The molecule has 1 heterocycles.